The first-order valence-corrected chi connectivity index (χ1v) is 11.9. The molecule has 0 N–H and O–H groups in total. The van der Waals surface area contributed by atoms with E-state index in [0.29, 0.717) is 29.8 Å². The molecular formula is C27H24N4O4. The number of piperidine rings is 1. The molecule has 176 valence electrons. The van der Waals surface area contributed by atoms with Gasteiger partial charge in [0.1, 0.15) is 12.5 Å². The second-order valence-corrected chi connectivity index (χ2v) is 9.35. The maximum atomic E-state index is 13.3. The van der Waals surface area contributed by atoms with E-state index in [2.05, 4.69) is 4.98 Å². The molecule has 0 spiro atoms. The topological polar surface area (TPSA) is 92.6 Å². The molecule has 1 aromatic heterocycles. The Morgan fingerprint density at radius 3 is 2.20 bits per heavy atom. The Hall–Kier alpha value is -4.07. The van der Waals surface area contributed by atoms with Crippen LogP contribution in [0.5, 0.6) is 0 Å². The zero-order chi connectivity index (χ0) is 24.1. The van der Waals surface area contributed by atoms with Crippen molar-refractivity contribution in [3.05, 3.63) is 89.0 Å². The molecule has 0 saturated carbocycles. The highest BCUT2D eigenvalue weighted by atomic mass is 16.2. The van der Waals surface area contributed by atoms with Gasteiger partial charge in [0.05, 0.1) is 17.0 Å². The number of rotatable bonds is 4. The monoisotopic (exact) mass is 468 g/mol. The Morgan fingerprint density at radius 1 is 0.886 bits per heavy atom. The summed E-state index contributed by atoms with van der Waals surface area (Å²) in [4.78, 5) is 58.8. The number of amides is 3. The van der Waals surface area contributed by atoms with E-state index in [9.17, 15) is 19.2 Å². The largest absolute Gasteiger partial charge is 0.342 e. The Balaban J connectivity index is 1.13. The fourth-order valence-electron chi connectivity index (χ4n) is 5.58. The predicted molar refractivity (Wildman–Crippen MR) is 126 cm³/mol. The van der Waals surface area contributed by atoms with Crippen molar-refractivity contribution in [3.63, 3.8) is 0 Å². The van der Waals surface area contributed by atoms with Gasteiger partial charge in [-0.05, 0) is 30.5 Å². The number of ketones is 1. The number of carbonyl (C=O) groups excluding carboxylic acids is 4. The van der Waals surface area contributed by atoms with Gasteiger partial charge >= 0.3 is 0 Å². The fourth-order valence-corrected chi connectivity index (χ4v) is 5.58. The number of fused-ring (bicyclic) bond motifs is 2. The number of aromatic nitrogens is 2. The third-order valence-electron chi connectivity index (χ3n) is 7.42. The summed E-state index contributed by atoms with van der Waals surface area (Å²) in [6.07, 6.45) is 5.17. The lowest BCUT2D eigenvalue weighted by Gasteiger charge is -2.33. The number of carbonyl (C=O) groups is 4. The van der Waals surface area contributed by atoms with Crippen molar-refractivity contribution in [1.29, 1.82) is 0 Å². The van der Waals surface area contributed by atoms with Crippen molar-refractivity contribution >= 4 is 23.5 Å². The van der Waals surface area contributed by atoms with Crippen LogP contribution >= 0.6 is 0 Å². The molecule has 1 fully saturated rings. The smallest absolute Gasteiger partial charge is 0.263 e. The summed E-state index contributed by atoms with van der Waals surface area (Å²) in [5.74, 6) is -0.0166. The lowest BCUT2D eigenvalue weighted by Crippen LogP contribution is -2.41. The van der Waals surface area contributed by atoms with E-state index in [4.69, 9.17) is 0 Å². The number of hydrogen-bond acceptors (Lipinski definition) is 5. The van der Waals surface area contributed by atoms with Crippen molar-refractivity contribution in [2.45, 2.75) is 37.8 Å². The number of Topliss-reactive ketones (excluding diaryl/α,β-unsaturated/α-hetero) is 1. The first-order valence-electron chi connectivity index (χ1n) is 11.9. The van der Waals surface area contributed by atoms with E-state index < -0.39 is 5.92 Å². The molecule has 0 bridgehead atoms. The lowest BCUT2D eigenvalue weighted by molar-refractivity contribution is -0.133. The van der Waals surface area contributed by atoms with Crippen molar-refractivity contribution in [3.8, 4) is 0 Å². The van der Waals surface area contributed by atoms with Gasteiger partial charge in [-0.2, -0.15) is 0 Å². The fraction of sp³-hybridized carbons (Fsp3) is 0.296. The first-order chi connectivity index (χ1) is 17.0. The van der Waals surface area contributed by atoms with E-state index in [-0.39, 0.29) is 42.5 Å². The molecule has 1 atom stereocenters. The quantitative estimate of drug-likeness (QED) is 0.549. The lowest BCUT2D eigenvalue weighted by atomic mass is 9.93. The average molecular weight is 469 g/mol. The standard InChI is InChI=1S/C27H24N4O4/c32-23-15-22(18-5-1-2-6-19(18)23)25(33)29-12-9-17(10-13-29)24-28-11-14-30(24)16-31-26(34)20-7-3-4-8-21(20)27(31)35/h1-8,11,14,17,22H,9-10,12-13,15-16H2. The third-order valence-corrected chi connectivity index (χ3v) is 7.42. The van der Waals surface area contributed by atoms with Gasteiger partial charge in [-0.25, -0.2) is 4.98 Å². The van der Waals surface area contributed by atoms with Gasteiger partial charge in [0.25, 0.3) is 11.8 Å². The summed E-state index contributed by atoms with van der Waals surface area (Å²) in [5.41, 5.74) is 2.35. The minimum atomic E-state index is -0.397. The summed E-state index contributed by atoms with van der Waals surface area (Å²) >= 11 is 0. The summed E-state index contributed by atoms with van der Waals surface area (Å²) in [6.45, 7) is 1.27. The van der Waals surface area contributed by atoms with Crippen LogP contribution in [0.2, 0.25) is 0 Å². The molecule has 2 aromatic carbocycles. The van der Waals surface area contributed by atoms with Crippen molar-refractivity contribution in [2.24, 2.45) is 0 Å². The predicted octanol–water partition coefficient (Wildman–Crippen LogP) is 3.21. The Morgan fingerprint density at radius 2 is 1.51 bits per heavy atom. The van der Waals surface area contributed by atoms with Crippen molar-refractivity contribution in [1.82, 2.24) is 19.4 Å². The van der Waals surface area contributed by atoms with Crippen LogP contribution in [0.3, 0.4) is 0 Å². The van der Waals surface area contributed by atoms with Crippen molar-refractivity contribution in [2.75, 3.05) is 13.1 Å². The maximum absolute atomic E-state index is 13.3. The SMILES string of the molecule is O=C1CC(C(=O)N2CCC(c3nccn3CN3C(=O)c4ccccc4C3=O)CC2)c2ccccc21. The van der Waals surface area contributed by atoms with Gasteiger partial charge in [0.15, 0.2) is 5.78 Å². The molecule has 3 aliphatic rings. The second kappa shape index (κ2) is 8.30. The van der Waals surface area contributed by atoms with Crippen LogP contribution < -0.4 is 0 Å². The second-order valence-electron chi connectivity index (χ2n) is 9.35. The molecule has 3 amide bonds. The molecule has 8 nitrogen and oxygen atoms in total. The van der Waals surface area contributed by atoms with Gasteiger partial charge in [-0.3, -0.25) is 24.1 Å². The van der Waals surface area contributed by atoms with Gasteiger partial charge < -0.3 is 9.47 Å². The van der Waals surface area contributed by atoms with Crippen LogP contribution in [-0.4, -0.2) is 55.9 Å². The summed E-state index contributed by atoms with van der Waals surface area (Å²) in [7, 11) is 0. The normalized spacial score (nSPS) is 19.9. The summed E-state index contributed by atoms with van der Waals surface area (Å²) in [5, 5.41) is 0. The van der Waals surface area contributed by atoms with E-state index in [0.717, 1.165) is 24.2 Å². The molecule has 35 heavy (non-hydrogen) atoms. The van der Waals surface area contributed by atoms with Gasteiger partial charge in [-0.1, -0.05) is 36.4 Å². The number of hydrogen-bond donors (Lipinski definition) is 0. The number of benzene rings is 2. The first kappa shape index (κ1) is 21.5. The molecule has 3 heterocycles. The third kappa shape index (κ3) is 3.48. The maximum Gasteiger partial charge on any atom is 0.263 e. The van der Waals surface area contributed by atoms with Crippen LogP contribution in [0, 0.1) is 0 Å². The summed E-state index contributed by atoms with van der Waals surface area (Å²) < 4.78 is 1.86. The molecular weight excluding hydrogens is 444 g/mol. The van der Waals surface area contributed by atoms with E-state index in [1.54, 1.807) is 42.7 Å². The molecule has 3 aromatic rings. The van der Waals surface area contributed by atoms with Crippen LogP contribution in [-0.2, 0) is 11.5 Å². The van der Waals surface area contributed by atoms with Crippen LogP contribution in [0.1, 0.15) is 73.6 Å². The molecule has 8 heteroatoms. The number of likely N-dealkylation sites (tertiary alicyclic amines) is 1. The van der Waals surface area contributed by atoms with Crippen LogP contribution in [0.25, 0.3) is 0 Å². The average Bonchev–Trinajstić information content (AvgIpc) is 3.56. The van der Waals surface area contributed by atoms with E-state index in [1.165, 1.54) is 4.90 Å². The van der Waals surface area contributed by atoms with Gasteiger partial charge in [0.2, 0.25) is 5.91 Å². The highest BCUT2D eigenvalue weighted by molar-refractivity contribution is 6.21. The van der Waals surface area contributed by atoms with Crippen LogP contribution in [0.4, 0.5) is 0 Å². The molecule has 1 saturated heterocycles. The zero-order valence-electron chi connectivity index (χ0n) is 19.1. The number of nitrogens with zero attached hydrogens (tertiary/aromatic N) is 4. The molecule has 1 aliphatic carbocycles. The zero-order valence-corrected chi connectivity index (χ0v) is 19.1. The van der Waals surface area contributed by atoms with Crippen molar-refractivity contribution < 1.29 is 19.2 Å². The minimum Gasteiger partial charge on any atom is -0.342 e. The molecule has 1 unspecified atom stereocenters. The molecule has 2 aliphatic heterocycles. The van der Waals surface area contributed by atoms with Gasteiger partial charge in [0, 0.05) is 43.4 Å². The number of imidazole rings is 1. The van der Waals surface area contributed by atoms with Crippen LogP contribution in [0.15, 0.2) is 60.9 Å². The highest BCUT2D eigenvalue weighted by Gasteiger charge is 2.39. The van der Waals surface area contributed by atoms with Gasteiger partial charge in [-0.15, -0.1) is 0 Å². The highest BCUT2D eigenvalue weighted by Crippen LogP contribution is 2.36. The van der Waals surface area contributed by atoms with E-state index in [1.807, 2.05) is 27.7 Å². The Bertz CT molecular complexity index is 1330. The number of imide groups is 1. The molecule has 6 rings (SSSR count). The Labute approximate surface area is 202 Å². The molecule has 0 radical (unpaired) electrons. The van der Waals surface area contributed by atoms with E-state index >= 15 is 0 Å². The summed E-state index contributed by atoms with van der Waals surface area (Å²) in [6, 6.07) is 14.2. The minimum absolute atomic E-state index is 0.0103. The Kier molecular flexibility index (Phi) is 5.09.